The molecule has 0 fully saturated rings. The largest absolute Gasteiger partial charge is 0.495 e. The van der Waals surface area contributed by atoms with E-state index in [0.29, 0.717) is 17.1 Å². The summed E-state index contributed by atoms with van der Waals surface area (Å²) in [7, 11) is 1.49. The fraction of sp³-hybridized carbons (Fsp3) is 0.333. The van der Waals surface area contributed by atoms with Crippen molar-refractivity contribution >= 4 is 34.8 Å². The van der Waals surface area contributed by atoms with Crippen LogP contribution >= 0.6 is 11.6 Å². The molecule has 1 rings (SSSR count). The van der Waals surface area contributed by atoms with Gasteiger partial charge in [0.1, 0.15) is 11.1 Å². The summed E-state index contributed by atoms with van der Waals surface area (Å²) in [6.45, 7) is 2.98. The van der Waals surface area contributed by atoms with Gasteiger partial charge in [-0.05, 0) is 25.1 Å². The van der Waals surface area contributed by atoms with E-state index < -0.39 is 5.38 Å². The molecule has 5 nitrogen and oxygen atoms in total. The minimum absolute atomic E-state index is 0.192. The zero-order valence-corrected chi connectivity index (χ0v) is 11.2. The van der Waals surface area contributed by atoms with Crippen molar-refractivity contribution in [1.29, 1.82) is 0 Å². The van der Waals surface area contributed by atoms with Crippen molar-refractivity contribution in [3.05, 3.63) is 18.2 Å². The second-order valence-corrected chi connectivity index (χ2v) is 4.36. The molecule has 0 heterocycles. The van der Waals surface area contributed by atoms with Crippen LogP contribution in [0.4, 0.5) is 11.4 Å². The highest BCUT2D eigenvalue weighted by Gasteiger charge is 2.13. The average Bonchev–Trinajstić information content (AvgIpc) is 2.28. The predicted octanol–water partition coefficient (Wildman–Crippen LogP) is 2.22. The Morgan fingerprint density at radius 2 is 2.00 bits per heavy atom. The fourth-order valence-electron chi connectivity index (χ4n) is 1.32. The van der Waals surface area contributed by atoms with Crippen molar-refractivity contribution in [3.8, 4) is 5.75 Å². The van der Waals surface area contributed by atoms with Crippen LogP contribution in [-0.4, -0.2) is 24.3 Å². The Morgan fingerprint density at radius 1 is 1.33 bits per heavy atom. The van der Waals surface area contributed by atoms with Crippen molar-refractivity contribution < 1.29 is 14.3 Å². The molecule has 0 unspecified atom stereocenters. The molecule has 18 heavy (non-hydrogen) atoms. The van der Waals surface area contributed by atoms with E-state index in [1.807, 2.05) is 0 Å². The maximum Gasteiger partial charge on any atom is 0.242 e. The molecule has 1 atom stereocenters. The first-order valence-corrected chi connectivity index (χ1v) is 5.78. The van der Waals surface area contributed by atoms with Crippen molar-refractivity contribution in [2.45, 2.75) is 19.2 Å². The zero-order chi connectivity index (χ0) is 13.7. The van der Waals surface area contributed by atoms with Gasteiger partial charge in [-0.15, -0.1) is 11.6 Å². The first kappa shape index (κ1) is 14.3. The normalized spacial score (nSPS) is 11.6. The van der Waals surface area contributed by atoms with Crippen molar-refractivity contribution in [2.24, 2.45) is 0 Å². The lowest BCUT2D eigenvalue weighted by Gasteiger charge is -2.13. The molecule has 1 aromatic rings. The number of nitrogens with one attached hydrogen (secondary N) is 2. The van der Waals surface area contributed by atoms with Crippen LogP contribution in [0.2, 0.25) is 0 Å². The molecule has 0 aromatic heterocycles. The van der Waals surface area contributed by atoms with Crippen molar-refractivity contribution in [1.82, 2.24) is 0 Å². The Balaban J connectivity index is 2.98. The molecule has 0 saturated heterocycles. The summed E-state index contributed by atoms with van der Waals surface area (Å²) in [5, 5.41) is 4.59. The number of ether oxygens (including phenoxy) is 1. The summed E-state index contributed by atoms with van der Waals surface area (Å²) in [6, 6.07) is 4.94. The number of carbonyl (C=O) groups is 2. The third-order valence-electron chi connectivity index (χ3n) is 2.14. The minimum Gasteiger partial charge on any atom is -0.495 e. The van der Waals surface area contributed by atoms with Gasteiger partial charge in [0, 0.05) is 12.6 Å². The average molecular weight is 271 g/mol. The highest BCUT2D eigenvalue weighted by molar-refractivity contribution is 6.32. The summed E-state index contributed by atoms with van der Waals surface area (Å²) in [5.74, 6) is -0.0344. The third-order valence-corrected chi connectivity index (χ3v) is 2.34. The molecule has 0 radical (unpaired) electrons. The topological polar surface area (TPSA) is 67.4 Å². The lowest BCUT2D eigenvalue weighted by Crippen LogP contribution is -2.20. The molecule has 6 heteroatoms. The van der Waals surface area contributed by atoms with E-state index in [-0.39, 0.29) is 11.8 Å². The maximum absolute atomic E-state index is 11.5. The lowest BCUT2D eigenvalue weighted by atomic mass is 10.2. The van der Waals surface area contributed by atoms with Crippen LogP contribution in [0.3, 0.4) is 0 Å². The van der Waals surface area contributed by atoms with Gasteiger partial charge in [-0.25, -0.2) is 0 Å². The molecule has 2 amide bonds. The van der Waals surface area contributed by atoms with Crippen LogP contribution in [0.25, 0.3) is 0 Å². The number of halogens is 1. The van der Waals surface area contributed by atoms with E-state index in [4.69, 9.17) is 16.3 Å². The fourth-order valence-corrected chi connectivity index (χ4v) is 1.37. The number of alkyl halides is 1. The van der Waals surface area contributed by atoms with E-state index in [2.05, 4.69) is 10.6 Å². The standard InChI is InChI=1S/C12H15ClN2O3/c1-7(13)12(17)15-10-6-9(14-8(2)16)4-5-11(10)18-3/h4-7H,1-3H3,(H,14,16)(H,15,17)/t7-/m1/s1. The lowest BCUT2D eigenvalue weighted by molar-refractivity contribution is -0.116. The molecule has 0 spiro atoms. The summed E-state index contributed by atoms with van der Waals surface area (Å²) in [4.78, 5) is 22.5. The van der Waals surface area contributed by atoms with Gasteiger partial charge in [0.2, 0.25) is 11.8 Å². The number of hydrogen-bond acceptors (Lipinski definition) is 3. The van der Waals surface area contributed by atoms with Crippen LogP contribution in [0.1, 0.15) is 13.8 Å². The molecular formula is C12H15ClN2O3. The van der Waals surface area contributed by atoms with Gasteiger partial charge in [0.05, 0.1) is 12.8 Å². The number of hydrogen-bond donors (Lipinski definition) is 2. The highest BCUT2D eigenvalue weighted by atomic mass is 35.5. The quantitative estimate of drug-likeness (QED) is 0.825. The predicted molar refractivity (Wildman–Crippen MR) is 71.2 cm³/mol. The van der Waals surface area contributed by atoms with E-state index in [0.717, 1.165) is 0 Å². The SMILES string of the molecule is COc1ccc(NC(C)=O)cc1NC(=O)[C@@H](C)Cl. The molecule has 0 saturated carbocycles. The number of benzene rings is 1. The minimum atomic E-state index is -0.654. The van der Waals surface area contributed by atoms with E-state index in [1.54, 1.807) is 25.1 Å². The monoisotopic (exact) mass is 270 g/mol. The Morgan fingerprint density at radius 3 is 2.50 bits per heavy atom. The van der Waals surface area contributed by atoms with Gasteiger partial charge in [-0.1, -0.05) is 0 Å². The number of rotatable bonds is 4. The zero-order valence-electron chi connectivity index (χ0n) is 10.4. The Labute approximate surface area is 110 Å². The van der Waals surface area contributed by atoms with Gasteiger partial charge in [0.15, 0.2) is 0 Å². The van der Waals surface area contributed by atoms with E-state index >= 15 is 0 Å². The summed E-state index contributed by atoms with van der Waals surface area (Å²) in [6.07, 6.45) is 0. The van der Waals surface area contributed by atoms with Crippen LogP contribution in [-0.2, 0) is 9.59 Å². The first-order valence-electron chi connectivity index (χ1n) is 5.34. The number of methoxy groups -OCH3 is 1. The molecule has 2 N–H and O–H groups in total. The van der Waals surface area contributed by atoms with Crippen molar-refractivity contribution in [2.75, 3.05) is 17.7 Å². The highest BCUT2D eigenvalue weighted by Crippen LogP contribution is 2.28. The van der Waals surface area contributed by atoms with Crippen LogP contribution < -0.4 is 15.4 Å². The Kier molecular flexibility index (Phi) is 4.97. The number of amides is 2. The van der Waals surface area contributed by atoms with E-state index in [9.17, 15) is 9.59 Å². The van der Waals surface area contributed by atoms with Crippen LogP contribution in [0.15, 0.2) is 18.2 Å². The summed E-state index contributed by atoms with van der Waals surface area (Å²) >= 11 is 5.68. The van der Waals surface area contributed by atoms with Crippen LogP contribution in [0, 0.1) is 0 Å². The molecule has 0 aliphatic carbocycles. The maximum atomic E-state index is 11.5. The summed E-state index contributed by atoms with van der Waals surface area (Å²) < 4.78 is 5.12. The molecular weight excluding hydrogens is 256 g/mol. The molecule has 0 aliphatic rings. The Bertz CT molecular complexity index is 461. The van der Waals surface area contributed by atoms with Crippen molar-refractivity contribution in [3.63, 3.8) is 0 Å². The summed E-state index contributed by atoms with van der Waals surface area (Å²) in [5.41, 5.74) is 1.03. The molecule has 1 aromatic carbocycles. The Hall–Kier alpha value is -1.75. The first-order chi connectivity index (χ1) is 8.43. The second-order valence-electron chi connectivity index (χ2n) is 3.70. The third kappa shape index (κ3) is 3.92. The smallest absolute Gasteiger partial charge is 0.242 e. The van der Waals surface area contributed by atoms with Gasteiger partial charge >= 0.3 is 0 Å². The second kappa shape index (κ2) is 6.26. The van der Waals surface area contributed by atoms with E-state index in [1.165, 1.54) is 14.0 Å². The number of anilines is 2. The molecule has 98 valence electrons. The molecule has 0 aliphatic heterocycles. The van der Waals surface area contributed by atoms with Gasteiger partial charge in [0.25, 0.3) is 0 Å². The number of carbonyl (C=O) groups excluding carboxylic acids is 2. The van der Waals surface area contributed by atoms with Gasteiger partial charge < -0.3 is 15.4 Å². The molecule has 0 bridgehead atoms. The van der Waals surface area contributed by atoms with Gasteiger partial charge in [-0.2, -0.15) is 0 Å². The van der Waals surface area contributed by atoms with Gasteiger partial charge in [-0.3, -0.25) is 9.59 Å². The van der Waals surface area contributed by atoms with Crippen LogP contribution in [0.5, 0.6) is 5.75 Å².